The Bertz CT molecular complexity index is 385. The second-order valence-electron chi connectivity index (χ2n) is 4.07. The van der Waals surface area contributed by atoms with E-state index in [-0.39, 0.29) is 12.5 Å². The molecule has 1 N–H and O–H groups in total. The Hall–Kier alpha value is -1.35. The van der Waals surface area contributed by atoms with Crippen molar-refractivity contribution in [3.8, 4) is 0 Å². The van der Waals surface area contributed by atoms with Crippen LogP contribution in [0.3, 0.4) is 0 Å². The normalized spacial score (nSPS) is 15.8. The van der Waals surface area contributed by atoms with Gasteiger partial charge in [-0.05, 0) is 17.5 Å². The Morgan fingerprint density at radius 1 is 1.33 bits per heavy atom. The number of amides is 1. The van der Waals surface area contributed by atoms with Crippen LogP contribution in [-0.2, 0) is 16.1 Å². The summed E-state index contributed by atoms with van der Waals surface area (Å²) < 4.78 is 5.31. The first-order valence-corrected chi connectivity index (χ1v) is 5.18. The topological polar surface area (TPSA) is 38.3 Å². The molecule has 1 heterocycles. The van der Waals surface area contributed by atoms with Crippen molar-refractivity contribution in [3.05, 3.63) is 29.3 Å². The van der Waals surface area contributed by atoms with E-state index in [0.29, 0.717) is 12.5 Å². The highest BCUT2D eigenvalue weighted by Crippen LogP contribution is 2.28. The van der Waals surface area contributed by atoms with E-state index in [0.717, 1.165) is 11.3 Å². The van der Waals surface area contributed by atoms with E-state index in [2.05, 4.69) is 25.2 Å². The van der Waals surface area contributed by atoms with Gasteiger partial charge in [0.2, 0.25) is 5.91 Å². The Labute approximate surface area is 89.4 Å². The largest absolute Gasteiger partial charge is 0.367 e. The fraction of sp³-hybridized carbons (Fsp3) is 0.417. The van der Waals surface area contributed by atoms with Gasteiger partial charge in [-0.3, -0.25) is 4.79 Å². The summed E-state index contributed by atoms with van der Waals surface area (Å²) in [7, 11) is 0. The van der Waals surface area contributed by atoms with Crippen LogP contribution in [0.15, 0.2) is 18.2 Å². The number of anilines is 1. The second kappa shape index (κ2) is 4.03. The van der Waals surface area contributed by atoms with Gasteiger partial charge in [-0.1, -0.05) is 26.0 Å². The Balaban J connectivity index is 2.46. The number of carbonyl (C=O) groups is 1. The third-order valence-corrected chi connectivity index (χ3v) is 2.59. The zero-order valence-corrected chi connectivity index (χ0v) is 9.04. The molecule has 0 aromatic heterocycles. The number of hydrogen-bond acceptors (Lipinski definition) is 2. The molecule has 1 aromatic rings. The maximum atomic E-state index is 11.3. The number of ether oxygens (including phenoxy) is 1. The van der Waals surface area contributed by atoms with Gasteiger partial charge in [-0.15, -0.1) is 0 Å². The third-order valence-electron chi connectivity index (χ3n) is 2.59. The van der Waals surface area contributed by atoms with E-state index in [1.54, 1.807) is 0 Å². The van der Waals surface area contributed by atoms with Gasteiger partial charge in [0.25, 0.3) is 0 Å². The van der Waals surface area contributed by atoms with E-state index in [4.69, 9.17) is 4.74 Å². The van der Waals surface area contributed by atoms with Crippen LogP contribution in [0.1, 0.15) is 30.9 Å². The van der Waals surface area contributed by atoms with Crippen LogP contribution in [0.25, 0.3) is 0 Å². The predicted molar refractivity (Wildman–Crippen MR) is 58.8 cm³/mol. The van der Waals surface area contributed by atoms with E-state index in [1.807, 2.05) is 12.1 Å². The minimum Gasteiger partial charge on any atom is -0.367 e. The molecule has 15 heavy (non-hydrogen) atoms. The molecule has 0 fully saturated rings. The number of carbonyl (C=O) groups excluding carboxylic acids is 1. The minimum absolute atomic E-state index is 0.0744. The molecule has 80 valence electrons. The number of nitrogens with one attached hydrogen (secondary N) is 1. The van der Waals surface area contributed by atoms with Crippen LogP contribution < -0.4 is 5.32 Å². The van der Waals surface area contributed by atoms with Gasteiger partial charge in [-0.25, -0.2) is 0 Å². The third kappa shape index (κ3) is 2.02. The van der Waals surface area contributed by atoms with Crippen molar-refractivity contribution in [2.24, 2.45) is 0 Å². The molecule has 0 aliphatic carbocycles. The van der Waals surface area contributed by atoms with Gasteiger partial charge in [0.1, 0.15) is 6.61 Å². The fourth-order valence-corrected chi connectivity index (χ4v) is 1.86. The molecule has 0 spiro atoms. The molecular weight excluding hydrogens is 190 g/mol. The standard InChI is InChI=1S/C12H15NO2/c1-8(2)9-4-3-5-11-10(9)6-15-7-12(14)13-11/h3-5,8H,6-7H2,1-2H3,(H,13,14). The highest BCUT2D eigenvalue weighted by Gasteiger charge is 2.16. The number of benzene rings is 1. The highest BCUT2D eigenvalue weighted by atomic mass is 16.5. The summed E-state index contributed by atoms with van der Waals surface area (Å²) in [5.74, 6) is 0.369. The summed E-state index contributed by atoms with van der Waals surface area (Å²) in [6.07, 6.45) is 0. The van der Waals surface area contributed by atoms with E-state index in [9.17, 15) is 4.79 Å². The Morgan fingerprint density at radius 2 is 2.13 bits per heavy atom. The van der Waals surface area contributed by atoms with Crippen LogP contribution in [0.2, 0.25) is 0 Å². The van der Waals surface area contributed by atoms with Gasteiger partial charge in [0.05, 0.1) is 6.61 Å². The molecular formula is C12H15NO2. The summed E-state index contributed by atoms with van der Waals surface area (Å²) in [5, 5.41) is 2.85. The highest BCUT2D eigenvalue weighted by molar-refractivity contribution is 5.93. The maximum Gasteiger partial charge on any atom is 0.250 e. The summed E-state index contributed by atoms with van der Waals surface area (Å²) in [6, 6.07) is 5.98. The molecule has 0 saturated carbocycles. The van der Waals surface area contributed by atoms with Crippen LogP contribution in [0.4, 0.5) is 5.69 Å². The average Bonchev–Trinajstić information content (AvgIpc) is 2.37. The SMILES string of the molecule is CC(C)c1cccc2c1COCC(=O)N2. The molecule has 1 aromatic carbocycles. The first kappa shape index (κ1) is 10.2. The smallest absolute Gasteiger partial charge is 0.250 e. The van der Waals surface area contributed by atoms with Gasteiger partial charge >= 0.3 is 0 Å². The molecule has 1 aliphatic rings. The summed E-state index contributed by atoms with van der Waals surface area (Å²) in [4.78, 5) is 11.3. The van der Waals surface area contributed by atoms with Crippen molar-refractivity contribution in [3.63, 3.8) is 0 Å². The minimum atomic E-state index is -0.0744. The van der Waals surface area contributed by atoms with E-state index in [1.165, 1.54) is 5.56 Å². The average molecular weight is 205 g/mol. The molecule has 3 heteroatoms. The first-order valence-electron chi connectivity index (χ1n) is 5.18. The molecule has 3 nitrogen and oxygen atoms in total. The lowest BCUT2D eigenvalue weighted by Gasteiger charge is -2.14. The van der Waals surface area contributed by atoms with Crippen molar-refractivity contribution in [1.29, 1.82) is 0 Å². The van der Waals surface area contributed by atoms with Crippen molar-refractivity contribution in [1.82, 2.24) is 0 Å². The molecule has 2 rings (SSSR count). The van der Waals surface area contributed by atoms with Crippen molar-refractivity contribution >= 4 is 11.6 Å². The van der Waals surface area contributed by atoms with Gasteiger partial charge in [-0.2, -0.15) is 0 Å². The van der Waals surface area contributed by atoms with Crippen LogP contribution >= 0.6 is 0 Å². The molecule has 1 amide bonds. The fourth-order valence-electron chi connectivity index (χ4n) is 1.86. The quantitative estimate of drug-likeness (QED) is 0.763. The Kier molecular flexibility index (Phi) is 2.73. The summed E-state index contributed by atoms with van der Waals surface area (Å²) in [5.41, 5.74) is 3.25. The molecule has 0 radical (unpaired) electrons. The number of rotatable bonds is 1. The van der Waals surface area contributed by atoms with Crippen molar-refractivity contribution < 1.29 is 9.53 Å². The molecule has 1 aliphatic heterocycles. The maximum absolute atomic E-state index is 11.3. The lowest BCUT2D eigenvalue weighted by Crippen LogP contribution is -2.14. The lowest BCUT2D eigenvalue weighted by atomic mass is 9.96. The van der Waals surface area contributed by atoms with Crippen LogP contribution in [0, 0.1) is 0 Å². The van der Waals surface area contributed by atoms with E-state index < -0.39 is 0 Å². The zero-order chi connectivity index (χ0) is 10.8. The van der Waals surface area contributed by atoms with Gasteiger partial charge < -0.3 is 10.1 Å². The number of hydrogen-bond donors (Lipinski definition) is 1. The summed E-state index contributed by atoms with van der Waals surface area (Å²) >= 11 is 0. The van der Waals surface area contributed by atoms with Crippen molar-refractivity contribution in [2.75, 3.05) is 11.9 Å². The second-order valence-corrected chi connectivity index (χ2v) is 4.07. The van der Waals surface area contributed by atoms with Gasteiger partial charge in [0.15, 0.2) is 0 Å². The number of fused-ring (bicyclic) bond motifs is 1. The van der Waals surface area contributed by atoms with Crippen LogP contribution in [0.5, 0.6) is 0 Å². The first-order chi connectivity index (χ1) is 7.18. The van der Waals surface area contributed by atoms with Crippen molar-refractivity contribution in [2.45, 2.75) is 26.4 Å². The Morgan fingerprint density at radius 3 is 2.87 bits per heavy atom. The molecule has 0 bridgehead atoms. The molecule has 0 unspecified atom stereocenters. The molecule has 0 saturated heterocycles. The van der Waals surface area contributed by atoms with Crippen LogP contribution in [-0.4, -0.2) is 12.5 Å². The predicted octanol–water partition coefficient (Wildman–Crippen LogP) is 2.28. The monoisotopic (exact) mass is 205 g/mol. The van der Waals surface area contributed by atoms with Gasteiger partial charge in [0, 0.05) is 11.3 Å². The lowest BCUT2D eigenvalue weighted by molar-refractivity contribution is -0.120. The molecule has 0 atom stereocenters. The summed E-state index contributed by atoms with van der Waals surface area (Å²) in [6.45, 7) is 4.94. The zero-order valence-electron chi connectivity index (χ0n) is 9.04. The van der Waals surface area contributed by atoms with E-state index >= 15 is 0 Å².